The van der Waals surface area contributed by atoms with Gasteiger partial charge in [-0.05, 0) is 39.1 Å². The third kappa shape index (κ3) is 4.70. The summed E-state index contributed by atoms with van der Waals surface area (Å²) in [6.45, 7) is 5.60. The third-order valence-corrected chi connectivity index (χ3v) is 5.87. The van der Waals surface area contributed by atoms with Crippen LogP contribution in [-0.4, -0.2) is 48.0 Å². The molecule has 0 bridgehead atoms. The lowest BCUT2D eigenvalue weighted by atomic mass is 10.1. The maximum absolute atomic E-state index is 13.3. The number of hydrogen-bond acceptors (Lipinski definition) is 4. The van der Waals surface area contributed by atoms with Gasteiger partial charge in [0, 0.05) is 41.9 Å². The highest BCUT2D eigenvalue weighted by molar-refractivity contribution is 9.10. The van der Waals surface area contributed by atoms with Crippen LogP contribution in [0.25, 0.3) is 0 Å². The van der Waals surface area contributed by atoms with Crippen molar-refractivity contribution in [3.05, 3.63) is 56.4 Å². The number of aromatic amines is 1. The average molecular weight is 487 g/mol. The third-order valence-electron chi connectivity index (χ3n) is 5.38. The lowest BCUT2D eigenvalue weighted by Crippen LogP contribution is -2.55. The Morgan fingerprint density at radius 1 is 1.20 bits per heavy atom. The number of piperazine rings is 1. The molecule has 10 heteroatoms. The summed E-state index contributed by atoms with van der Waals surface area (Å²) >= 11 is 3.35. The van der Waals surface area contributed by atoms with Gasteiger partial charge in [0.1, 0.15) is 0 Å². The second kappa shape index (κ2) is 8.43. The van der Waals surface area contributed by atoms with E-state index in [2.05, 4.69) is 49.9 Å². The van der Waals surface area contributed by atoms with Gasteiger partial charge < -0.3 is 15.2 Å². The monoisotopic (exact) mass is 486 g/mol. The van der Waals surface area contributed by atoms with Crippen LogP contribution >= 0.6 is 15.9 Å². The fraction of sp³-hybridized carbons (Fsp3) is 0.400. The van der Waals surface area contributed by atoms with E-state index in [-0.39, 0.29) is 12.1 Å². The highest BCUT2D eigenvalue weighted by atomic mass is 79.9. The summed E-state index contributed by atoms with van der Waals surface area (Å²) in [5.74, 6) is -0.951. The summed E-state index contributed by atoms with van der Waals surface area (Å²) in [6, 6.07) is 6.20. The zero-order chi connectivity index (χ0) is 22.2. The second-order valence-electron chi connectivity index (χ2n) is 7.51. The molecule has 2 aromatic rings. The Balaban J connectivity index is 1.96. The molecule has 1 aliphatic rings. The van der Waals surface area contributed by atoms with E-state index in [4.69, 9.17) is 0 Å². The molecular weight excluding hydrogens is 465 g/mol. The van der Waals surface area contributed by atoms with Crippen molar-refractivity contribution in [2.24, 2.45) is 0 Å². The number of H-pyrrole nitrogens is 1. The standard InChI is InChI=1S/C20H22BrF3N4O2/c1-11-9-28(10-12(2)27(11)3)17-5-4-13(21)6-16(17)26-19(30)14-8-25-18(29)7-15(14)20(22,23)24/h4-8,11-12H,9-10H2,1-3H3,(H,25,29)(H,26,30)/t11-,12+. The minimum absolute atomic E-state index is 0.261. The first-order chi connectivity index (χ1) is 14.0. The van der Waals surface area contributed by atoms with E-state index in [9.17, 15) is 22.8 Å². The molecule has 162 valence electrons. The second-order valence-corrected chi connectivity index (χ2v) is 8.42. The molecule has 30 heavy (non-hydrogen) atoms. The Labute approximate surface area is 180 Å². The Kier molecular flexibility index (Phi) is 6.28. The van der Waals surface area contributed by atoms with Crippen molar-refractivity contribution in [1.82, 2.24) is 9.88 Å². The quantitative estimate of drug-likeness (QED) is 0.689. The topological polar surface area (TPSA) is 68.4 Å². The van der Waals surface area contributed by atoms with Gasteiger partial charge in [0.05, 0.1) is 22.5 Å². The van der Waals surface area contributed by atoms with Crippen molar-refractivity contribution < 1.29 is 18.0 Å². The van der Waals surface area contributed by atoms with Gasteiger partial charge in [0.2, 0.25) is 5.56 Å². The first-order valence-corrected chi connectivity index (χ1v) is 10.1. The molecule has 6 nitrogen and oxygen atoms in total. The number of carbonyl (C=O) groups excluding carboxylic acids is 1. The smallest absolute Gasteiger partial charge is 0.367 e. The fourth-order valence-electron chi connectivity index (χ4n) is 3.57. The van der Waals surface area contributed by atoms with Crippen molar-refractivity contribution in [3.63, 3.8) is 0 Å². The lowest BCUT2D eigenvalue weighted by Gasteiger charge is -2.44. The number of carbonyl (C=O) groups is 1. The number of alkyl halides is 3. The van der Waals surface area contributed by atoms with Crippen molar-refractivity contribution >= 4 is 33.2 Å². The van der Waals surface area contributed by atoms with Crippen LogP contribution in [0.1, 0.15) is 29.8 Å². The van der Waals surface area contributed by atoms with Crippen LogP contribution in [-0.2, 0) is 6.18 Å². The number of likely N-dealkylation sites (N-methyl/N-ethyl adjacent to an activating group) is 1. The number of halogens is 4. The molecule has 0 saturated carbocycles. The van der Waals surface area contributed by atoms with E-state index in [0.29, 0.717) is 29.3 Å². The van der Waals surface area contributed by atoms with Gasteiger partial charge in [-0.2, -0.15) is 13.2 Å². The van der Waals surface area contributed by atoms with E-state index in [0.717, 1.165) is 11.9 Å². The van der Waals surface area contributed by atoms with Crippen LogP contribution < -0.4 is 15.8 Å². The van der Waals surface area contributed by atoms with E-state index in [1.54, 1.807) is 6.07 Å². The van der Waals surface area contributed by atoms with Crippen molar-refractivity contribution in [2.75, 3.05) is 30.4 Å². The van der Waals surface area contributed by atoms with Crippen LogP contribution in [0.4, 0.5) is 24.5 Å². The molecule has 1 aromatic carbocycles. The molecular formula is C20H22BrF3N4O2. The highest BCUT2D eigenvalue weighted by Crippen LogP contribution is 2.34. The summed E-state index contributed by atoms with van der Waals surface area (Å²) in [4.78, 5) is 30.6. The Bertz CT molecular complexity index is 996. The maximum atomic E-state index is 13.3. The molecule has 0 radical (unpaired) electrons. The van der Waals surface area contributed by atoms with E-state index in [1.807, 2.05) is 19.2 Å². The SMILES string of the molecule is C[C@@H]1CN(c2ccc(Br)cc2NC(=O)c2c[nH]c(=O)cc2C(F)(F)F)C[C@H](C)N1C. The van der Waals surface area contributed by atoms with Gasteiger partial charge in [-0.1, -0.05) is 15.9 Å². The molecule has 1 saturated heterocycles. The molecule has 2 heterocycles. The predicted octanol–water partition coefficient (Wildman–Crippen LogP) is 3.94. The van der Waals surface area contributed by atoms with Gasteiger partial charge in [-0.15, -0.1) is 0 Å². The minimum Gasteiger partial charge on any atom is -0.367 e. The molecule has 1 aliphatic heterocycles. The van der Waals surface area contributed by atoms with Crippen LogP contribution in [0.5, 0.6) is 0 Å². The van der Waals surface area contributed by atoms with E-state index in [1.165, 1.54) is 0 Å². The summed E-state index contributed by atoms with van der Waals surface area (Å²) < 4.78 is 40.7. The summed E-state index contributed by atoms with van der Waals surface area (Å²) in [5, 5.41) is 2.59. The molecule has 0 spiro atoms. The number of benzene rings is 1. The number of nitrogens with zero attached hydrogens (tertiary/aromatic N) is 2. The molecule has 0 unspecified atom stereocenters. The van der Waals surface area contributed by atoms with Crippen LogP contribution in [0.2, 0.25) is 0 Å². The number of aromatic nitrogens is 1. The normalized spacial score (nSPS) is 20.3. The van der Waals surface area contributed by atoms with E-state index >= 15 is 0 Å². The Hall–Kier alpha value is -2.33. The van der Waals surface area contributed by atoms with Gasteiger partial charge in [0.25, 0.3) is 5.91 Å². The van der Waals surface area contributed by atoms with Crippen molar-refractivity contribution in [2.45, 2.75) is 32.1 Å². The van der Waals surface area contributed by atoms with Gasteiger partial charge in [-0.3, -0.25) is 14.5 Å². The predicted molar refractivity (Wildman–Crippen MR) is 113 cm³/mol. The molecule has 0 aliphatic carbocycles. The molecule has 2 atom stereocenters. The number of anilines is 2. The van der Waals surface area contributed by atoms with Crippen LogP contribution in [0.15, 0.2) is 39.7 Å². The van der Waals surface area contributed by atoms with Crippen molar-refractivity contribution in [1.29, 1.82) is 0 Å². The van der Waals surface area contributed by atoms with E-state index < -0.39 is 28.8 Å². The molecule has 3 rings (SSSR count). The number of pyridine rings is 1. The van der Waals surface area contributed by atoms with Gasteiger partial charge in [0.15, 0.2) is 0 Å². The first kappa shape index (κ1) is 22.4. The Morgan fingerprint density at radius 3 is 2.43 bits per heavy atom. The molecule has 1 amide bonds. The van der Waals surface area contributed by atoms with Crippen molar-refractivity contribution in [3.8, 4) is 0 Å². The van der Waals surface area contributed by atoms with Crippen LogP contribution in [0, 0.1) is 0 Å². The maximum Gasteiger partial charge on any atom is 0.417 e. The summed E-state index contributed by atoms with van der Waals surface area (Å²) in [6.07, 6.45) is -4.04. The zero-order valence-corrected chi connectivity index (χ0v) is 18.3. The largest absolute Gasteiger partial charge is 0.417 e. The number of nitrogens with one attached hydrogen (secondary N) is 2. The molecule has 2 N–H and O–H groups in total. The minimum atomic E-state index is -4.83. The molecule has 1 aromatic heterocycles. The average Bonchev–Trinajstić information content (AvgIpc) is 2.65. The summed E-state index contributed by atoms with van der Waals surface area (Å²) in [5.41, 5.74) is -1.74. The first-order valence-electron chi connectivity index (χ1n) is 9.35. The van der Waals surface area contributed by atoms with Gasteiger partial charge in [-0.25, -0.2) is 0 Å². The highest BCUT2D eigenvalue weighted by Gasteiger charge is 2.36. The number of amides is 1. The zero-order valence-electron chi connectivity index (χ0n) is 16.7. The fourth-order valence-corrected chi connectivity index (χ4v) is 3.93. The summed E-state index contributed by atoms with van der Waals surface area (Å²) in [7, 11) is 2.05. The van der Waals surface area contributed by atoms with Crippen LogP contribution in [0.3, 0.4) is 0 Å². The number of rotatable bonds is 3. The lowest BCUT2D eigenvalue weighted by molar-refractivity contribution is -0.138. The number of hydrogen-bond donors (Lipinski definition) is 2. The van der Waals surface area contributed by atoms with Gasteiger partial charge >= 0.3 is 6.18 Å². The molecule has 1 fully saturated rings. The Morgan fingerprint density at radius 2 is 1.83 bits per heavy atom.